The number of likely N-dealkylation sites (tertiary alicyclic amines) is 1. The monoisotopic (exact) mass is 995 g/mol. The number of Topliss-reactive ketones (excluding diaryl/α,β-unsaturated/α-hetero) is 1. The Morgan fingerprint density at radius 3 is 2.24 bits per heavy atom. The van der Waals surface area contributed by atoms with E-state index in [9.17, 15) is 33.9 Å². The van der Waals surface area contributed by atoms with Crippen LogP contribution >= 0.6 is 11.3 Å². The van der Waals surface area contributed by atoms with Gasteiger partial charge < -0.3 is 35.4 Å². The Bertz CT molecular complexity index is 2850. The Labute approximate surface area is 422 Å². The minimum Gasteiger partial charge on any atom is -0.391 e. The van der Waals surface area contributed by atoms with Gasteiger partial charge in [-0.15, -0.1) is 11.3 Å². The van der Waals surface area contributed by atoms with Gasteiger partial charge >= 0.3 is 0 Å². The van der Waals surface area contributed by atoms with E-state index in [1.54, 1.807) is 65.5 Å². The Morgan fingerprint density at radius 1 is 0.847 bits per heavy atom. The maximum Gasteiger partial charge on any atom is 0.255 e. The van der Waals surface area contributed by atoms with Crippen LogP contribution in [0.1, 0.15) is 68.1 Å². The van der Waals surface area contributed by atoms with E-state index in [0.717, 1.165) is 33.5 Å². The molecule has 9 rings (SSSR count). The van der Waals surface area contributed by atoms with E-state index in [1.807, 2.05) is 58.0 Å². The molecule has 5 amide bonds. The number of hydrogen-bond donors (Lipinski definition) is 4. The summed E-state index contributed by atoms with van der Waals surface area (Å²) in [4.78, 5) is 93.5. The number of nitrogens with zero attached hydrogens (tertiary/aromatic N) is 4. The van der Waals surface area contributed by atoms with Crippen molar-refractivity contribution in [3.63, 3.8) is 0 Å². The van der Waals surface area contributed by atoms with Crippen LogP contribution in [0, 0.1) is 41.9 Å². The van der Waals surface area contributed by atoms with Crippen molar-refractivity contribution in [1.82, 2.24) is 20.2 Å². The molecule has 3 aromatic carbocycles. The molecule has 1 unspecified atom stereocenters. The first-order chi connectivity index (χ1) is 34.7. The first kappa shape index (κ1) is 50.4. The highest BCUT2D eigenvalue weighted by Gasteiger charge is 2.59. The number of carbonyl (C=O) groups excluding carboxylic acids is 6. The summed E-state index contributed by atoms with van der Waals surface area (Å²) in [5, 5.41) is 20.8. The molecule has 17 heteroatoms. The van der Waals surface area contributed by atoms with Gasteiger partial charge in [0.1, 0.15) is 11.8 Å². The van der Waals surface area contributed by atoms with Gasteiger partial charge in [-0.25, -0.2) is 4.98 Å². The lowest BCUT2D eigenvalue weighted by atomic mass is 9.76. The van der Waals surface area contributed by atoms with Crippen LogP contribution in [0.2, 0.25) is 0 Å². The van der Waals surface area contributed by atoms with Crippen molar-refractivity contribution < 1.29 is 43.3 Å². The number of rotatable bonds is 20. The predicted molar refractivity (Wildman–Crippen MR) is 274 cm³/mol. The number of carbonyl (C=O) groups is 6. The predicted octanol–water partition coefficient (Wildman–Crippen LogP) is 6.97. The summed E-state index contributed by atoms with van der Waals surface area (Å²) < 4.78 is 11.5. The molecule has 4 N–H and O–H groups in total. The fourth-order valence-corrected chi connectivity index (χ4v) is 11.4. The third kappa shape index (κ3) is 10.8. The number of pyridine rings is 1. The lowest BCUT2D eigenvalue weighted by Gasteiger charge is -2.34. The fourth-order valence-electron chi connectivity index (χ4n) is 10.6. The van der Waals surface area contributed by atoms with Crippen molar-refractivity contribution in [3.8, 4) is 10.4 Å². The van der Waals surface area contributed by atoms with Gasteiger partial charge in [-0.3, -0.25) is 38.7 Å². The number of aliphatic hydroxyl groups excluding tert-OH is 1. The van der Waals surface area contributed by atoms with Gasteiger partial charge in [0.05, 0.1) is 77.3 Å². The molecule has 2 aliphatic heterocycles. The zero-order valence-electron chi connectivity index (χ0n) is 41.0. The Hall–Kier alpha value is -6.50. The van der Waals surface area contributed by atoms with E-state index in [2.05, 4.69) is 38.1 Å². The van der Waals surface area contributed by atoms with Crippen LogP contribution in [0.4, 0.5) is 17.1 Å². The molecule has 16 nitrogen and oxygen atoms in total. The number of ether oxygens (including phenoxy) is 2. The highest BCUT2D eigenvalue weighted by molar-refractivity contribution is 7.13. The van der Waals surface area contributed by atoms with Gasteiger partial charge in [0, 0.05) is 67.6 Å². The van der Waals surface area contributed by atoms with Crippen LogP contribution < -0.4 is 20.9 Å². The summed E-state index contributed by atoms with van der Waals surface area (Å²) in [6.07, 6.45) is 6.05. The highest BCUT2D eigenvalue weighted by atomic mass is 32.1. The smallest absolute Gasteiger partial charge is 0.255 e. The molecule has 2 aromatic heterocycles. The number of imide groups is 1. The number of nitrogens with one attached hydrogen (secondary N) is 3. The number of para-hydroxylation sites is 1. The number of thiazole rings is 1. The average Bonchev–Trinajstić information content (AvgIpc) is 4.22. The molecule has 1 saturated carbocycles. The van der Waals surface area contributed by atoms with Gasteiger partial charge in [-0.1, -0.05) is 57.2 Å². The number of fused-ring (bicyclic) bond motifs is 6. The topological polar surface area (TPSA) is 209 Å². The lowest BCUT2D eigenvalue weighted by molar-refractivity contribution is -0.145. The summed E-state index contributed by atoms with van der Waals surface area (Å²) in [7, 11) is 0. The Morgan fingerprint density at radius 2 is 1.56 bits per heavy atom. The standard InChI is InChI=1S/C55H61N7O9S/c1-32-49(72-31-58-32)33-10-14-38(15-11-33)59-51(66)45-28-41(64)30-61(45)52(67)43(55(2,3)4)27-40(63)19-22-70-24-25-71-23-21-56-29-37-18-20-57-48-42(37)6-5-7-44(48)60-50(65)34-12-16-39(17-13-34)62-53(68)46-35-8-9-36(26-35)47(46)54(62)69/h5-18,20,31,35-36,41,43,45-47,56,64H,19,21-30H2,1-4H3,(H,59,66)(H,60,65)/t35-,36?,41-,43-,45+,46-,47+/m1/s1. The number of anilines is 3. The lowest BCUT2D eigenvalue weighted by Crippen LogP contribution is -2.48. The van der Waals surface area contributed by atoms with E-state index in [4.69, 9.17) is 9.47 Å². The third-order valence-corrected chi connectivity index (χ3v) is 15.4. The molecule has 7 atom stereocenters. The maximum atomic E-state index is 14.1. The molecule has 3 fully saturated rings. The van der Waals surface area contributed by atoms with E-state index in [1.165, 1.54) is 9.80 Å². The summed E-state index contributed by atoms with van der Waals surface area (Å²) >= 11 is 1.54. The van der Waals surface area contributed by atoms with Gasteiger partial charge in [0.15, 0.2) is 0 Å². The van der Waals surface area contributed by atoms with Crippen LogP contribution in [0.5, 0.6) is 0 Å². The average molecular weight is 996 g/mol. The summed E-state index contributed by atoms with van der Waals surface area (Å²) in [6, 6.07) is 20.6. The molecule has 0 spiro atoms. The molecule has 5 aromatic rings. The van der Waals surface area contributed by atoms with Crippen LogP contribution in [-0.2, 0) is 40.0 Å². The number of allylic oxidation sites excluding steroid dienone is 2. The van der Waals surface area contributed by atoms with Crippen LogP contribution in [-0.4, -0.2) is 107 Å². The number of β-amino-alcohol motifs (C(OH)–C–C–N with tert-alkyl or cyclic N) is 1. The van der Waals surface area contributed by atoms with Crippen molar-refractivity contribution in [2.45, 2.75) is 72.1 Å². The number of ketones is 1. The number of aromatic nitrogens is 2. The van der Waals surface area contributed by atoms with Crippen molar-refractivity contribution in [3.05, 3.63) is 113 Å². The molecule has 2 saturated heterocycles. The van der Waals surface area contributed by atoms with Gasteiger partial charge in [0.2, 0.25) is 23.6 Å². The Balaban J connectivity index is 0.677. The number of amides is 5. The van der Waals surface area contributed by atoms with Crippen molar-refractivity contribution in [2.75, 3.05) is 55.1 Å². The van der Waals surface area contributed by atoms with Crippen molar-refractivity contribution >= 4 is 74.6 Å². The molecule has 4 heterocycles. The molecule has 0 radical (unpaired) electrons. The van der Waals surface area contributed by atoms with Gasteiger partial charge in [0.25, 0.3) is 5.91 Å². The normalized spacial score (nSPS) is 21.7. The van der Waals surface area contributed by atoms with E-state index >= 15 is 0 Å². The van der Waals surface area contributed by atoms with E-state index < -0.39 is 23.5 Å². The first-order valence-electron chi connectivity index (χ1n) is 24.7. The SMILES string of the molecule is Cc1ncsc1-c1ccc(NC(=O)[C@@H]2C[C@@H](O)CN2C(=O)[C@@H](CC(=O)CCOCCOCCNCc2ccnc3c(NC(=O)c4ccc(N5C(=O)[C@@H]6[C@@H]7C=CC(C7)[C@@H]6C5=O)cc4)cccc23)C(C)(C)C)cc1. The molecule has 2 bridgehead atoms. The fraction of sp³-hybridized carbons (Fsp3) is 0.418. The summed E-state index contributed by atoms with van der Waals surface area (Å²) in [5.74, 6) is -2.55. The second kappa shape index (κ2) is 21.7. The molecule has 4 aliphatic rings. The second-order valence-electron chi connectivity index (χ2n) is 20.2. The number of benzene rings is 3. The van der Waals surface area contributed by atoms with Gasteiger partial charge in [-0.2, -0.15) is 0 Å². The molecular formula is C55H61N7O9S. The maximum absolute atomic E-state index is 14.1. The largest absolute Gasteiger partial charge is 0.391 e. The van der Waals surface area contributed by atoms with Gasteiger partial charge in [-0.05, 0) is 90.3 Å². The van der Waals surface area contributed by atoms with Crippen LogP contribution in [0.3, 0.4) is 0 Å². The molecule has 2 aliphatic carbocycles. The van der Waals surface area contributed by atoms with E-state index in [-0.39, 0.29) is 98.0 Å². The summed E-state index contributed by atoms with van der Waals surface area (Å²) in [5.41, 5.74) is 6.73. The molecule has 72 heavy (non-hydrogen) atoms. The number of aryl methyl sites for hydroxylation is 1. The minimum atomic E-state index is -0.878. The number of hydrogen-bond acceptors (Lipinski definition) is 13. The molecular weight excluding hydrogens is 935 g/mol. The highest BCUT2D eigenvalue weighted by Crippen LogP contribution is 2.53. The third-order valence-electron chi connectivity index (χ3n) is 14.4. The second-order valence-corrected chi connectivity index (χ2v) is 21.1. The zero-order chi connectivity index (χ0) is 50.7. The first-order valence-corrected chi connectivity index (χ1v) is 25.6. The van der Waals surface area contributed by atoms with Crippen molar-refractivity contribution in [2.24, 2.45) is 35.0 Å². The van der Waals surface area contributed by atoms with Crippen LogP contribution in [0.25, 0.3) is 21.3 Å². The number of aliphatic hydroxyl groups is 1. The molecule has 376 valence electrons. The quantitative estimate of drug-likeness (QED) is 0.0354. The van der Waals surface area contributed by atoms with Crippen molar-refractivity contribution in [1.29, 1.82) is 0 Å². The van der Waals surface area contributed by atoms with Crippen LogP contribution in [0.15, 0.2) is 96.7 Å². The zero-order valence-corrected chi connectivity index (χ0v) is 41.8. The Kier molecular flexibility index (Phi) is 15.2. The van der Waals surface area contributed by atoms with E-state index in [0.29, 0.717) is 54.4 Å². The summed E-state index contributed by atoms with van der Waals surface area (Å²) in [6.45, 7) is 9.95. The minimum absolute atomic E-state index is 0.0117.